The molecular weight excluding hydrogens is 477 g/mol. The number of carbonyl (C=O) groups is 1. The van der Waals surface area contributed by atoms with E-state index in [-0.39, 0.29) is 55.5 Å². The summed E-state index contributed by atoms with van der Waals surface area (Å²) in [5, 5.41) is 8.50. The average Bonchev–Trinajstić information content (AvgIpc) is 3.04. The number of likely N-dealkylation sites (N-methyl/N-ethyl adjacent to an activating group) is 1. The van der Waals surface area contributed by atoms with Gasteiger partial charge in [-0.25, -0.2) is 4.99 Å². The number of alkyl halides is 2. The molecule has 0 saturated carbocycles. The third-order valence-corrected chi connectivity index (χ3v) is 3.31. The highest BCUT2D eigenvalue weighted by Gasteiger charge is 2.20. The first kappa shape index (κ1) is 23.0. The Kier molecular flexibility index (Phi) is 9.89. The minimum absolute atomic E-state index is 0. The molecule has 0 aliphatic carbocycles. The van der Waals surface area contributed by atoms with Crippen molar-refractivity contribution < 1.29 is 27.8 Å². The molecule has 0 unspecified atom stereocenters. The maximum atomic E-state index is 12.7. The lowest BCUT2D eigenvalue weighted by molar-refractivity contribution is -0.119. The molecule has 1 aromatic rings. The van der Waals surface area contributed by atoms with E-state index in [1.807, 2.05) is 13.8 Å². The zero-order valence-electron chi connectivity index (χ0n) is 15.0. The smallest absolute Gasteiger partial charge is 0.387 e. The van der Waals surface area contributed by atoms with Gasteiger partial charge in [0.05, 0.1) is 13.1 Å². The Morgan fingerprint density at radius 2 is 1.85 bits per heavy atom. The molecule has 8 nitrogen and oxygen atoms in total. The number of benzene rings is 1. The summed E-state index contributed by atoms with van der Waals surface area (Å²) in [6.45, 7) is 1.93. The van der Waals surface area contributed by atoms with Crippen molar-refractivity contribution in [1.82, 2.24) is 16.0 Å². The summed E-state index contributed by atoms with van der Waals surface area (Å²) in [6, 6.07) is 2.91. The van der Waals surface area contributed by atoms with Crippen LogP contribution in [-0.2, 0) is 11.3 Å². The van der Waals surface area contributed by atoms with E-state index in [1.54, 1.807) is 6.07 Å². The van der Waals surface area contributed by atoms with Gasteiger partial charge in [-0.15, -0.1) is 24.0 Å². The van der Waals surface area contributed by atoms with Gasteiger partial charge in [-0.05, 0) is 19.9 Å². The van der Waals surface area contributed by atoms with Crippen LogP contribution in [0.2, 0.25) is 0 Å². The standard InChI is InChI=1S/C16H22F2N4O4.HI/c1-3-19-14(23)8-22-16(20-4-2)21-7-10-5-12-13(25-9-24-12)6-11(10)26-15(17)18;/h5-6,15H,3-4,7-9H2,1-2H3,(H,19,23)(H2,20,21,22);1H. The third-order valence-electron chi connectivity index (χ3n) is 3.31. The van der Waals surface area contributed by atoms with Gasteiger partial charge in [0.1, 0.15) is 5.75 Å². The van der Waals surface area contributed by atoms with Crippen molar-refractivity contribution in [3.8, 4) is 17.2 Å². The Bertz CT molecular complexity index is 662. The number of fused-ring (bicyclic) bond motifs is 1. The third kappa shape index (κ3) is 7.23. The molecule has 1 aromatic carbocycles. The fraction of sp³-hybridized carbons (Fsp3) is 0.500. The van der Waals surface area contributed by atoms with E-state index >= 15 is 0 Å². The molecule has 1 aliphatic rings. The van der Waals surface area contributed by atoms with Gasteiger partial charge in [-0.3, -0.25) is 4.79 Å². The van der Waals surface area contributed by atoms with Gasteiger partial charge in [0.25, 0.3) is 0 Å². The lowest BCUT2D eigenvalue weighted by atomic mass is 10.1. The van der Waals surface area contributed by atoms with Crippen molar-refractivity contribution in [2.24, 2.45) is 4.99 Å². The second-order valence-corrected chi connectivity index (χ2v) is 5.19. The summed E-state index contributed by atoms with van der Waals surface area (Å²) in [5.74, 6) is 0.946. The number of aliphatic imine (C=N–C) groups is 1. The van der Waals surface area contributed by atoms with Crippen LogP contribution in [0.25, 0.3) is 0 Å². The van der Waals surface area contributed by atoms with Crippen LogP contribution in [0.1, 0.15) is 19.4 Å². The van der Waals surface area contributed by atoms with Gasteiger partial charge >= 0.3 is 6.61 Å². The summed E-state index contributed by atoms with van der Waals surface area (Å²) in [6.07, 6.45) is 0. The summed E-state index contributed by atoms with van der Waals surface area (Å²) in [5.41, 5.74) is 0.407. The molecule has 1 amide bonds. The molecule has 1 aliphatic heterocycles. The highest BCUT2D eigenvalue weighted by molar-refractivity contribution is 14.0. The maximum Gasteiger partial charge on any atom is 0.387 e. The van der Waals surface area contributed by atoms with E-state index in [4.69, 9.17) is 9.47 Å². The lowest BCUT2D eigenvalue weighted by Crippen LogP contribution is -2.43. The number of nitrogens with one attached hydrogen (secondary N) is 3. The first-order valence-electron chi connectivity index (χ1n) is 8.19. The number of carbonyl (C=O) groups excluding carboxylic acids is 1. The Morgan fingerprint density at radius 3 is 2.48 bits per heavy atom. The highest BCUT2D eigenvalue weighted by atomic mass is 127. The molecule has 0 spiro atoms. The predicted molar refractivity (Wildman–Crippen MR) is 106 cm³/mol. The number of hydrogen-bond donors (Lipinski definition) is 3. The second kappa shape index (κ2) is 11.6. The highest BCUT2D eigenvalue weighted by Crippen LogP contribution is 2.38. The molecule has 0 atom stereocenters. The molecular formula is C16H23F2IN4O4. The molecule has 0 saturated heterocycles. The van der Waals surface area contributed by atoms with E-state index in [9.17, 15) is 13.6 Å². The van der Waals surface area contributed by atoms with Crippen molar-refractivity contribution in [3.63, 3.8) is 0 Å². The molecule has 0 bridgehead atoms. The van der Waals surface area contributed by atoms with Crippen LogP contribution in [-0.4, -0.2) is 44.9 Å². The van der Waals surface area contributed by atoms with Crippen LogP contribution in [0.3, 0.4) is 0 Å². The molecule has 0 radical (unpaired) electrons. The van der Waals surface area contributed by atoms with Crippen molar-refractivity contribution in [2.45, 2.75) is 27.0 Å². The van der Waals surface area contributed by atoms with Crippen LogP contribution >= 0.6 is 24.0 Å². The number of hydrogen-bond acceptors (Lipinski definition) is 5. The molecule has 3 N–H and O–H groups in total. The van der Waals surface area contributed by atoms with Crippen LogP contribution in [0, 0.1) is 0 Å². The average molecular weight is 500 g/mol. The molecule has 27 heavy (non-hydrogen) atoms. The number of guanidine groups is 1. The van der Waals surface area contributed by atoms with Gasteiger partial charge in [0.15, 0.2) is 17.5 Å². The summed E-state index contributed by atoms with van der Waals surface area (Å²) in [4.78, 5) is 15.8. The maximum absolute atomic E-state index is 12.7. The fourth-order valence-corrected chi connectivity index (χ4v) is 2.22. The van der Waals surface area contributed by atoms with E-state index in [0.717, 1.165) is 0 Å². The van der Waals surface area contributed by atoms with Gasteiger partial charge in [-0.2, -0.15) is 8.78 Å². The topological polar surface area (TPSA) is 93.2 Å². The number of ether oxygens (including phenoxy) is 3. The van der Waals surface area contributed by atoms with Crippen molar-refractivity contribution in [3.05, 3.63) is 17.7 Å². The van der Waals surface area contributed by atoms with Gasteiger partial charge in [-0.1, -0.05) is 0 Å². The molecule has 0 aromatic heterocycles. The number of amides is 1. The summed E-state index contributed by atoms with van der Waals surface area (Å²) in [7, 11) is 0. The van der Waals surface area contributed by atoms with Gasteiger partial charge < -0.3 is 30.2 Å². The zero-order chi connectivity index (χ0) is 18.9. The number of rotatable bonds is 8. The fourth-order valence-electron chi connectivity index (χ4n) is 2.22. The minimum atomic E-state index is -2.97. The Hall–Kier alpha value is -2.05. The number of halogens is 3. The predicted octanol–water partition coefficient (Wildman–Crippen LogP) is 1.83. The molecule has 2 rings (SSSR count). The Morgan fingerprint density at radius 1 is 1.19 bits per heavy atom. The Labute approximate surface area is 173 Å². The Balaban J connectivity index is 0.00000364. The minimum Gasteiger partial charge on any atom is -0.454 e. The van der Waals surface area contributed by atoms with Crippen LogP contribution in [0.15, 0.2) is 17.1 Å². The molecule has 11 heteroatoms. The van der Waals surface area contributed by atoms with E-state index < -0.39 is 6.61 Å². The number of nitrogens with zero attached hydrogens (tertiary/aromatic N) is 1. The van der Waals surface area contributed by atoms with Crippen LogP contribution < -0.4 is 30.2 Å². The summed E-state index contributed by atoms with van der Waals surface area (Å²) >= 11 is 0. The first-order chi connectivity index (χ1) is 12.5. The first-order valence-corrected chi connectivity index (χ1v) is 8.19. The summed E-state index contributed by atoms with van der Waals surface area (Å²) < 4.78 is 40.3. The van der Waals surface area contributed by atoms with E-state index in [2.05, 4.69) is 25.7 Å². The monoisotopic (exact) mass is 500 g/mol. The largest absolute Gasteiger partial charge is 0.454 e. The van der Waals surface area contributed by atoms with Gasteiger partial charge in [0, 0.05) is 24.7 Å². The lowest BCUT2D eigenvalue weighted by Gasteiger charge is -2.13. The SMILES string of the molecule is CCNC(=O)CNC(=NCc1cc2c(cc1OC(F)F)OCO2)NCC.I. The van der Waals surface area contributed by atoms with E-state index in [1.165, 1.54) is 6.07 Å². The molecule has 0 fully saturated rings. The molecule has 1 heterocycles. The molecule has 152 valence electrons. The van der Waals surface area contributed by atoms with Crippen LogP contribution in [0.5, 0.6) is 17.2 Å². The van der Waals surface area contributed by atoms with E-state index in [0.29, 0.717) is 36.1 Å². The van der Waals surface area contributed by atoms with Crippen LogP contribution in [0.4, 0.5) is 8.78 Å². The second-order valence-electron chi connectivity index (χ2n) is 5.19. The normalized spacial score (nSPS) is 12.4. The quantitative estimate of drug-likeness (QED) is 0.287. The zero-order valence-corrected chi connectivity index (χ0v) is 17.3. The van der Waals surface area contributed by atoms with Crippen molar-refractivity contribution in [2.75, 3.05) is 26.4 Å². The van der Waals surface area contributed by atoms with Gasteiger partial charge in [0.2, 0.25) is 12.7 Å². The van der Waals surface area contributed by atoms with Crippen molar-refractivity contribution in [1.29, 1.82) is 0 Å². The van der Waals surface area contributed by atoms with Crippen molar-refractivity contribution >= 4 is 35.8 Å².